The molecule has 0 bridgehead atoms. The minimum atomic E-state index is -0.379. The summed E-state index contributed by atoms with van der Waals surface area (Å²) >= 11 is 0. The van der Waals surface area contributed by atoms with Crippen LogP contribution in [0.4, 0.5) is 10.1 Å². The summed E-state index contributed by atoms with van der Waals surface area (Å²) in [6, 6.07) is 6.26. The number of likely N-dealkylation sites (N-methyl/N-ethyl adjacent to an activating group) is 1. The first kappa shape index (κ1) is 12.8. The van der Waals surface area contributed by atoms with Crippen LogP contribution in [-0.2, 0) is 4.79 Å². The van der Waals surface area contributed by atoms with Crippen molar-refractivity contribution in [2.24, 2.45) is 0 Å². The van der Waals surface area contributed by atoms with Gasteiger partial charge in [0.15, 0.2) is 0 Å². The summed E-state index contributed by atoms with van der Waals surface area (Å²) < 4.78 is 13.9. The van der Waals surface area contributed by atoms with Crippen molar-refractivity contribution in [1.29, 1.82) is 0 Å². The first-order valence-electron chi connectivity index (χ1n) is 6.10. The summed E-state index contributed by atoms with van der Waals surface area (Å²) in [7, 11) is 1.78. The molecule has 0 spiro atoms. The lowest BCUT2D eigenvalue weighted by molar-refractivity contribution is -0.123. The van der Waals surface area contributed by atoms with Crippen LogP contribution < -0.4 is 15.5 Å². The molecular formula is C13H18FN3O. The van der Waals surface area contributed by atoms with Gasteiger partial charge in [-0.05, 0) is 26.1 Å². The molecule has 18 heavy (non-hydrogen) atoms. The predicted molar refractivity (Wildman–Crippen MR) is 69.1 cm³/mol. The van der Waals surface area contributed by atoms with E-state index in [4.69, 9.17) is 0 Å². The molecule has 98 valence electrons. The van der Waals surface area contributed by atoms with Crippen molar-refractivity contribution in [3.05, 3.63) is 30.1 Å². The maximum atomic E-state index is 13.9. The molecule has 5 heteroatoms. The van der Waals surface area contributed by atoms with E-state index in [0.29, 0.717) is 18.8 Å². The van der Waals surface area contributed by atoms with Crippen molar-refractivity contribution >= 4 is 11.6 Å². The quantitative estimate of drug-likeness (QED) is 0.833. The SMILES string of the molecule is CNCC1C(=O)NCC(C)N1c1ccccc1F. The van der Waals surface area contributed by atoms with E-state index >= 15 is 0 Å². The molecule has 1 fully saturated rings. The predicted octanol–water partition coefficient (Wildman–Crippen LogP) is 0.738. The molecule has 1 saturated heterocycles. The molecule has 0 radical (unpaired) electrons. The molecule has 4 nitrogen and oxygen atoms in total. The summed E-state index contributed by atoms with van der Waals surface area (Å²) in [5, 5.41) is 5.83. The number of nitrogens with one attached hydrogen (secondary N) is 2. The number of hydrogen-bond donors (Lipinski definition) is 2. The highest BCUT2D eigenvalue weighted by molar-refractivity contribution is 5.87. The molecule has 0 aliphatic carbocycles. The van der Waals surface area contributed by atoms with E-state index in [-0.39, 0.29) is 23.8 Å². The van der Waals surface area contributed by atoms with Crippen molar-refractivity contribution in [1.82, 2.24) is 10.6 Å². The third kappa shape index (κ3) is 2.31. The number of hydrogen-bond acceptors (Lipinski definition) is 3. The zero-order valence-electron chi connectivity index (χ0n) is 10.6. The van der Waals surface area contributed by atoms with Gasteiger partial charge in [-0.25, -0.2) is 4.39 Å². The Kier molecular flexibility index (Phi) is 3.81. The van der Waals surface area contributed by atoms with Crippen LogP contribution in [0.1, 0.15) is 6.92 Å². The first-order valence-corrected chi connectivity index (χ1v) is 6.10. The van der Waals surface area contributed by atoms with Crippen molar-refractivity contribution < 1.29 is 9.18 Å². The Bertz CT molecular complexity index is 438. The summed E-state index contributed by atoms with van der Waals surface area (Å²) in [5.74, 6) is -0.356. The van der Waals surface area contributed by atoms with E-state index in [9.17, 15) is 9.18 Å². The Balaban J connectivity index is 2.36. The van der Waals surface area contributed by atoms with Gasteiger partial charge in [-0.3, -0.25) is 4.79 Å². The Labute approximate surface area is 106 Å². The first-order chi connectivity index (χ1) is 8.65. The second-order valence-corrected chi connectivity index (χ2v) is 4.53. The average molecular weight is 251 g/mol. The maximum absolute atomic E-state index is 13.9. The fraction of sp³-hybridized carbons (Fsp3) is 0.462. The third-order valence-corrected chi connectivity index (χ3v) is 3.21. The highest BCUT2D eigenvalue weighted by atomic mass is 19.1. The highest BCUT2D eigenvalue weighted by Crippen LogP contribution is 2.25. The molecule has 1 heterocycles. The normalized spacial score (nSPS) is 23.9. The van der Waals surface area contributed by atoms with Crippen molar-refractivity contribution in [3.63, 3.8) is 0 Å². The van der Waals surface area contributed by atoms with Gasteiger partial charge in [-0.15, -0.1) is 0 Å². The van der Waals surface area contributed by atoms with Crippen molar-refractivity contribution in [2.75, 3.05) is 25.0 Å². The highest BCUT2D eigenvalue weighted by Gasteiger charge is 2.34. The Morgan fingerprint density at radius 1 is 1.50 bits per heavy atom. The molecule has 1 amide bonds. The van der Waals surface area contributed by atoms with Gasteiger partial charge in [0.25, 0.3) is 0 Å². The number of carbonyl (C=O) groups excluding carboxylic acids is 1. The van der Waals surface area contributed by atoms with E-state index in [0.717, 1.165) is 0 Å². The standard InChI is InChI=1S/C13H18FN3O/c1-9-7-16-13(18)12(8-15-2)17(9)11-6-4-3-5-10(11)14/h3-6,9,12,15H,7-8H2,1-2H3,(H,16,18). The van der Waals surface area contributed by atoms with Gasteiger partial charge in [-0.2, -0.15) is 0 Å². The fourth-order valence-corrected chi connectivity index (χ4v) is 2.35. The van der Waals surface area contributed by atoms with Gasteiger partial charge in [-0.1, -0.05) is 12.1 Å². The van der Waals surface area contributed by atoms with Crippen molar-refractivity contribution in [2.45, 2.75) is 19.0 Å². The number of nitrogens with zero attached hydrogens (tertiary/aromatic N) is 1. The summed E-state index contributed by atoms with van der Waals surface area (Å²) in [4.78, 5) is 13.8. The molecule has 1 aromatic rings. The van der Waals surface area contributed by atoms with Crippen LogP contribution in [-0.4, -0.2) is 38.1 Å². The van der Waals surface area contributed by atoms with E-state index in [1.165, 1.54) is 6.07 Å². The molecule has 2 N–H and O–H groups in total. The minimum Gasteiger partial charge on any atom is -0.352 e. The summed E-state index contributed by atoms with van der Waals surface area (Å²) in [6.07, 6.45) is 0. The number of carbonyl (C=O) groups is 1. The van der Waals surface area contributed by atoms with Crippen LogP contribution in [0.25, 0.3) is 0 Å². The van der Waals surface area contributed by atoms with Crippen LogP contribution in [0.5, 0.6) is 0 Å². The van der Waals surface area contributed by atoms with Gasteiger partial charge in [0.05, 0.1) is 5.69 Å². The van der Waals surface area contributed by atoms with Crippen molar-refractivity contribution in [3.8, 4) is 0 Å². The molecule has 1 aliphatic heterocycles. The molecule has 0 aromatic heterocycles. The largest absolute Gasteiger partial charge is 0.352 e. The van der Waals surface area contributed by atoms with Gasteiger partial charge in [0.2, 0.25) is 5.91 Å². The van der Waals surface area contributed by atoms with Gasteiger partial charge in [0.1, 0.15) is 11.9 Å². The Hall–Kier alpha value is -1.62. The zero-order valence-corrected chi connectivity index (χ0v) is 10.6. The number of benzene rings is 1. The lowest BCUT2D eigenvalue weighted by Gasteiger charge is -2.41. The van der Waals surface area contributed by atoms with E-state index in [1.54, 1.807) is 25.2 Å². The third-order valence-electron chi connectivity index (χ3n) is 3.21. The van der Waals surface area contributed by atoms with Gasteiger partial charge in [0, 0.05) is 19.1 Å². The fourth-order valence-electron chi connectivity index (χ4n) is 2.35. The number of halogens is 1. The Morgan fingerprint density at radius 2 is 2.22 bits per heavy atom. The molecule has 0 saturated carbocycles. The van der Waals surface area contributed by atoms with Crippen LogP contribution in [0, 0.1) is 5.82 Å². The molecule has 2 atom stereocenters. The van der Waals surface area contributed by atoms with Gasteiger partial charge >= 0.3 is 0 Å². The summed E-state index contributed by atoms with van der Waals surface area (Å²) in [6.45, 7) is 3.01. The second kappa shape index (κ2) is 5.35. The monoisotopic (exact) mass is 251 g/mol. The van der Waals surface area contributed by atoms with E-state index in [2.05, 4.69) is 10.6 Å². The van der Waals surface area contributed by atoms with E-state index in [1.807, 2.05) is 11.8 Å². The number of anilines is 1. The number of amides is 1. The average Bonchev–Trinajstić information content (AvgIpc) is 2.36. The second-order valence-electron chi connectivity index (χ2n) is 4.53. The van der Waals surface area contributed by atoms with E-state index < -0.39 is 0 Å². The molecule has 1 aromatic carbocycles. The van der Waals surface area contributed by atoms with Crippen LogP contribution >= 0.6 is 0 Å². The van der Waals surface area contributed by atoms with Crippen LogP contribution in [0.15, 0.2) is 24.3 Å². The lowest BCUT2D eigenvalue weighted by Crippen LogP contribution is -2.62. The minimum absolute atomic E-state index is 0.0642. The Morgan fingerprint density at radius 3 is 2.89 bits per heavy atom. The van der Waals surface area contributed by atoms with Crippen LogP contribution in [0.2, 0.25) is 0 Å². The maximum Gasteiger partial charge on any atom is 0.244 e. The number of para-hydroxylation sites is 1. The smallest absolute Gasteiger partial charge is 0.244 e. The number of piperazine rings is 1. The molecular weight excluding hydrogens is 233 g/mol. The van der Waals surface area contributed by atoms with Gasteiger partial charge < -0.3 is 15.5 Å². The summed E-state index contributed by atoms with van der Waals surface area (Å²) in [5.41, 5.74) is 0.486. The molecule has 2 rings (SSSR count). The number of rotatable bonds is 3. The molecule has 2 unspecified atom stereocenters. The zero-order chi connectivity index (χ0) is 13.1. The molecule has 1 aliphatic rings. The van der Waals surface area contributed by atoms with Crippen LogP contribution in [0.3, 0.4) is 0 Å². The lowest BCUT2D eigenvalue weighted by atomic mass is 10.1. The topological polar surface area (TPSA) is 44.4 Å².